The number of halogens is 1. The van der Waals surface area contributed by atoms with Crippen molar-refractivity contribution < 1.29 is 22.5 Å². The minimum absolute atomic E-state index is 0.0271. The van der Waals surface area contributed by atoms with Gasteiger partial charge in [-0.15, -0.1) is 0 Å². The van der Waals surface area contributed by atoms with E-state index in [4.69, 9.17) is 5.11 Å². The van der Waals surface area contributed by atoms with Gasteiger partial charge in [-0.3, -0.25) is 4.21 Å². The smallest absolute Gasteiger partial charge is 0.336 e. The molecule has 0 aliphatic carbocycles. The van der Waals surface area contributed by atoms with Crippen molar-refractivity contribution in [1.29, 1.82) is 0 Å². The molecule has 0 amide bonds. The molecule has 9 heteroatoms. The average molecular weight is 384 g/mol. The number of carbonyl (C=O) groups is 1. The van der Waals surface area contributed by atoms with Gasteiger partial charge in [0.2, 0.25) is 10.0 Å². The Kier molecular flexibility index (Phi) is 5.87. The van der Waals surface area contributed by atoms with Gasteiger partial charge in [-0.25, -0.2) is 17.9 Å². The summed E-state index contributed by atoms with van der Waals surface area (Å²) in [5.41, 5.74) is 0.366. The highest BCUT2D eigenvalue weighted by atomic mass is 79.9. The predicted molar refractivity (Wildman–Crippen MR) is 80.0 cm³/mol. The molecule has 1 aromatic rings. The zero-order valence-corrected chi connectivity index (χ0v) is 14.1. The van der Waals surface area contributed by atoms with Gasteiger partial charge in [0.15, 0.2) is 0 Å². The zero-order chi connectivity index (χ0) is 15.5. The van der Waals surface area contributed by atoms with E-state index in [2.05, 4.69) is 20.7 Å². The second kappa shape index (κ2) is 6.79. The summed E-state index contributed by atoms with van der Waals surface area (Å²) in [7, 11) is -4.94. The number of nitrogens with one attached hydrogen (secondary N) is 1. The fraction of sp³-hybridized carbons (Fsp3) is 0.364. The van der Waals surface area contributed by atoms with Crippen LogP contribution in [0.3, 0.4) is 0 Å². The second-order valence-electron chi connectivity index (χ2n) is 4.06. The van der Waals surface area contributed by atoms with Gasteiger partial charge in [-0.1, -0.05) is 15.9 Å². The topological polar surface area (TPSA) is 101 Å². The highest BCUT2D eigenvalue weighted by Gasteiger charge is 2.19. The maximum absolute atomic E-state index is 12.0. The number of hydrogen-bond donors (Lipinski definition) is 2. The van der Waals surface area contributed by atoms with Crippen LogP contribution < -0.4 is 4.72 Å². The number of aromatic carboxylic acids is 1. The molecule has 1 rings (SSSR count). The third kappa shape index (κ3) is 4.37. The average Bonchev–Trinajstić information content (AvgIpc) is 2.31. The molecule has 1 unspecified atom stereocenters. The normalized spacial score (nSPS) is 13.2. The summed E-state index contributed by atoms with van der Waals surface area (Å²) in [5, 5.41) is 9.05. The van der Waals surface area contributed by atoms with Crippen LogP contribution in [0.2, 0.25) is 0 Å². The van der Waals surface area contributed by atoms with Gasteiger partial charge in [-0.2, -0.15) is 0 Å². The molecule has 1 atom stereocenters. The maximum Gasteiger partial charge on any atom is 0.336 e. The second-order valence-corrected chi connectivity index (χ2v) is 8.23. The lowest BCUT2D eigenvalue weighted by Gasteiger charge is -2.10. The van der Waals surface area contributed by atoms with Crippen LogP contribution in [0.4, 0.5) is 0 Å². The lowest BCUT2D eigenvalue weighted by Crippen LogP contribution is -2.28. The molecule has 2 N–H and O–H groups in total. The molecule has 0 spiro atoms. The van der Waals surface area contributed by atoms with Gasteiger partial charge in [0.1, 0.15) is 0 Å². The third-order valence-electron chi connectivity index (χ3n) is 2.54. The fourth-order valence-corrected chi connectivity index (χ4v) is 3.65. The van der Waals surface area contributed by atoms with Gasteiger partial charge >= 0.3 is 5.97 Å². The molecule has 0 bridgehead atoms. The molecule has 0 saturated carbocycles. The van der Waals surface area contributed by atoms with Crippen molar-refractivity contribution in [1.82, 2.24) is 4.72 Å². The summed E-state index contributed by atoms with van der Waals surface area (Å²) in [6.07, 6.45) is 1.47. The monoisotopic (exact) mass is 383 g/mol. The van der Waals surface area contributed by atoms with Crippen molar-refractivity contribution in [3.05, 3.63) is 27.7 Å². The van der Waals surface area contributed by atoms with Crippen LogP contribution in [-0.2, 0) is 20.8 Å². The number of carboxylic acid groups (broad SMARTS) is 1. The van der Waals surface area contributed by atoms with Gasteiger partial charge in [0.25, 0.3) is 0 Å². The van der Waals surface area contributed by atoms with Crippen LogP contribution in [0, 0.1) is 6.92 Å². The summed E-state index contributed by atoms with van der Waals surface area (Å²) in [4.78, 5) is 10.9. The van der Waals surface area contributed by atoms with Crippen molar-refractivity contribution in [3.63, 3.8) is 0 Å². The van der Waals surface area contributed by atoms with Crippen molar-refractivity contribution in [2.75, 3.05) is 18.6 Å². The van der Waals surface area contributed by atoms with Crippen LogP contribution in [-0.4, -0.2) is 42.3 Å². The Hall–Kier alpha value is -0.770. The quantitative estimate of drug-likeness (QED) is 0.766. The van der Waals surface area contributed by atoms with Gasteiger partial charge in [0.05, 0.1) is 10.5 Å². The Labute approximate surface area is 128 Å². The Balaban J connectivity index is 3.13. The summed E-state index contributed by atoms with van der Waals surface area (Å²) < 4.78 is 37.6. The van der Waals surface area contributed by atoms with E-state index < -0.39 is 26.8 Å². The van der Waals surface area contributed by atoms with Crippen LogP contribution >= 0.6 is 15.9 Å². The number of hydrogen-bond acceptors (Lipinski definition) is 4. The molecule has 20 heavy (non-hydrogen) atoms. The molecule has 1 aromatic carbocycles. The van der Waals surface area contributed by atoms with Crippen molar-refractivity contribution in [2.24, 2.45) is 0 Å². The van der Waals surface area contributed by atoms with E-state index in [-0.39, 0.29) is 22.8 Å². The highest BCUT2D eigenvalue weighted by Crippen LogP contribution is 2.24. The predicted octanol–water partition coefficient (Wildman–Crippen LogP) is 1.11. The lowest BCUT2D eigenvalue weighted by atomic mass is 10.1. The molecule has 0 saturated heterocycles. The molecule has 112 valence electrons. The maximum atomic E-state index is 12.0. The van der Waals surface area contributed by atoms with E-state index in [0.717, 1.165) is 6.07 Å². The van der Waals surface area contributed by atoms with E-state index in [1.54, 1.807) is 6.92 Å². The SMILES string of the molecule is Cc1c(Br)cc(S(=O)(=O)NCCS(C)=O)cc1C(=O)O. The summed E-state index contributed by atoms with van der Waals surface area (Å²) in [6.45, 7) is 1.61. The Morgan fingerprint density at radius 3 is 2.55 bits per heavy atom. The van der Waals surface area contributed by atoms with Gasteiger partial charge < -0.3 is 5.11 Å². The first kappa shape index (κ1) is 17.3. The highest BCUT2D eigenvalue weighted by molar-refractivity contribution is 9.10. The summed E-state index contributed by atoms with van der Waals surface area (Å²) in [5.74, 6) is -1.01. The summed E-state index contributed by atoms with van der Waals surface area (Å²) in [6, 6.07) is 2.45. The minimum atomic E-state index is -3.83. The van der Waals surface area contributed by atoms with Crippen molar-refractivity contribution >= 4 is 42.7 Å². The number of carboxylic acids is 1. The molecule has 0 heterocycles. The van der Waals surface area contributed by atoms with Crippen molar-refractivity contribution in [2.45, 2.75) is 11.8 Å². The van der Waals surface area contributed by atoms with Crippen molar-refractivity contribution in [3.8, 4) is 0 Å². The first-order valence-corrected chi connectivity index (χ1v) is 9.48. The standard InChI is InChI=1S/C11H14BrNO5S2/c1-7-9(11(14)15)5-8(6-10(7)12)20(17,18)13-3-4-19(2)16/h5-6,13H,3-4H2,1-2H3,(H,14,15). The molecular formula is C11H14BrNO5S2. The molecule has 0 aliphatic heterocycles. The third-order valence-corrected chi connectivity index (χ3v) is 5.58. The van der Waals surface area contributed by atoms with Crippen LogP contribution in [0.25, 0.3) is 0 Å². The van der Waals surface area contributed by atoms with E-state index in [9.17, 15) is 17.4 Å². The number of rotatable bonds is 6. The van der Waals surface area contributed by atoms with Gasteiger partial charge in [0, 0.05) is 33.8 Å². The first-order chi connectivity index (χ1) is 9.15. The number of benzene rings is 1. The molecule has 0 fully saturated rings. The van der Waals surface area contributed by atoms with Crippen LogP contribution in [0.5, 0.6) is 0 Å². The zero-order valence-electron chi connectivity index (χ0n) is 10.8. The molecular weight excluding hydrogens is 370 g/mol. The van der Waals surface area contributed by atoms with Crippen LogP contribution in [0.1, 0.15) is 15.9 Å². The first-order valence-electron chi connectivity index (χ1n) is 5.48. The molecule has 0 aliphatic rings. The Morgan fingerprint density at radius 2 is 2.05 bits per heavy atom. The van der Waals surface area contributed by atoms with Crippen LogP contribution in [0.15, 0.2) is 21.5 Å². The lowest BCUT2D eigenvalue weighted by molar-refractivity contribution is 0.0695. The van der Waals surface area contributed by atoms with E-state index >= 15 is 0 Å². The van der Waals surface area contributed by atoms with E-state index in [1.807, 2.05) is 0 Å². The minimum Gasteiger partial charge on any atom is -0.478 e. The Morgan fingerprint density at radius 1 is 1.45 bits per heavy atom. The largest absolute Gasteiger partial charge is 0.478 e. The Bertz CT molecular complexity index is 657. The van der Waals surface area contributed by atoms with E-state index in [0.29, 0.717) is 10.0 Å². The molecule has 0 radical (unpaired) electrons. The fourth-order valence-electron chi connectivity index (χ4n) is 1.43. The summed E-state index contributed by atoms with van der Waals surface area (Å²) >= 11 is 3.14. The number of sulfonamides is 1. The molecule has 6 nitrogen and oxygen atoms in total. The van der Waals surface area contributed by atoms with E-state index in [1.165, 1.54) is 12.3 Å². The molecule has 0 aromatic heterocycles. The van der Waals surface area contributed by atoms with Gasteiger partial charge in [-0.05, 0) is 24.6 Å².